The van der Waals surface area contributed by atoms with Crippen molar-refractivity contribution in [2.75, 3.05) is 7.11 Å². The molecule has 1 aromatic carbocycles. The van der Waals surface area contributed by atoms with E-state index in [-0.39, 0.29) is 11.6 Å². The number of benzene rings is 1. The molecule has 0 radical (unpaired) electrons. The Hall–Kier alpha value is -1.81. The Balaban J connectivity index is 1.89. The highest BCUT2D eigenvalue weighted by Crippen LogP contribution is 2.47. The molecule has 0 saturated heterocycles. The summed E-state index contributed by atoms with van der Waals surface area (Å²) in [5.41, 5.74) is 9.84. The Kier molecular flexibility index (Phi) is 4.44. The zero-order valence-corrected chi connectivity index (χ0v) is 13.5. The van der Waals surface area contributed by atoms with E-state index in [9.17, 15) is 5.11 Å². The molecule has 2 aliphatic carbocycles. The fraction of sp³-hybridized carbons (Fsp3) is 0.556. The number of fused-ring (bicyclic) bond motifs is 2. The fourth-order valence-corrected chi connectivity index (χ4v) is 4.17. The second-order valence-electron chi connectivity index (χ2n) is 6.84. The Morgan fingerprint density at radius 3 is 2.87 bits per heavy atom. The normalized spacial score (nSPS) is 31.0. The maximum Gasteiger partial charge on any atom is 0.0865 e. The van der Waals surface area contributed by atoms with Crippen LogP contribution >= 0.6 is 0 Å². The predicted molar refractivity (Wildman–Crippen MR) is 88.8 cm³/mol. The van der Waals surface area contributed by atoms with Crippen molar-refractivity contribution in [2.24, 2.45) is 5.11 Å². The minimum absolute atomic E-state index is 0.269. The number of methoxy groups -OCH3 is 1. The van der Waals surface area contributed by atoms with Gasteiger partial charge in [-0.25, -0.2) is 0 Å². The van der Waals surface area contributed by atoms with Gasteiger partial charge in [-0.15, -0.1) is 0 Å². The van der Waals surface area contributed by atoms with Crippen molar-refractivity contribution in [2.45, 2.75) is 55.8 Å². The number of aliphatic hydroxyl groups is 1. The number of rotatable bonds is 5. The Labute approximate surface area is 136 Å². The first-order valence-electron chi connectivity index (χ1n) is 8.15. The van der Waals surface area contributed by atoms with Gasteiger partial charge in [-0.1, -0.05) is 47.1 Å². The molecule has 5 heteroatoms. The number of hydrogen-bond donors (Lipinski definition) is 1. The van der Waals surface area contributed by atoms with Crippen molar-refractivity contribution in [3.05, 3.63) is 58.0 Å². The average molecular weight is 313 g/mol. The molecule has 1 unspecified atom stereocenters. The highest BCUT2D eigenvalue weighted by Gasteiger charge is 2.46. The van der Waals surface area contributed by atoms with Crippen LogP contribution in [0.2, 0.25) is 0 Å². The van der Waals surface area contributed by atoms with Gasteiger partial charge < -0.3 is 9.84 Å². The van der Waals surface area contributed by atoms with Crippen molar-refractivity contribution in [1.29, 1.82) is 0 Å². The van der Waals surface area contributed by atoms with E-state index in [0.717, 1.165) is 31.2 Å². The van der Waals surface area contributed by atoms with Gasteiger partial charge in [0.1, 0.15) is 0 Å². The van der Waals surface area contributed by atoms with Crippen LogP contribution in [0.1, 0.15) is 50.1 Å². The number of hydrogen-bond acceptors (Lipinski definition) is 3. The van der Waals surface area contributed by atoms with E-state index in [1.54, 1.807) is 7.11 Å². The Morgan fingerprint density at radius 1 is 1.39 bits per heavy atom. The smallest absolute Gasteiger partial charge is 0.0865 e. The summed E-state index contributed by atoms with van der Waals surface area (Å²) < 4.78 is 5.79. The van der Waals surface area contributed by atoms with Gasteiger partial charge in [0.25, 0.3) is 0 Å². The predicted octanol–water partition coefficient (Wildman–Crippen LogP) is 4.45. The van der Waals surface area contributed by atoms with Crippen LogP contribution in [0.25, 0.3) is 10.4 Å². The van der Waals surface area contributed by atoms with Crippen LogP contribution < -0.4 is 0 Å². The molecule has 1 aromatic rings. The quantitative estimate of drug-likeness (QED) is 0.377. The van der Waals surface area contributed by atoms with Gasteiger partial charge in [0.15, 0.2) is 0 Å². The van der Waals surface area contributed by atoms with Crippen molar-refractivity contribution in [3.8, 4) is 0 Å². The van der Waals surface area contributed by atoms with Crippen LogP contribution in [0.15, 0.2) is 47.1 Å². The average Bonchev–Trinajstić information content (AvgIpc) is 2.54. The van der Waals surface area contributed by atoms with E-state index in [2.05, 4.69) is 10.0 Å². The van der Waals surface area contributed by atoms with Gasteiger partial charge >= 0.3 is 0 Å². The van der Waals surface area contributed by atoms with Gasteiger partial charge in [0, 0.05) is 18.4 Å². The molecule has 0 amide bonds. The molecule has 2 bridgehead atoms. The molecule has 3 atom stereocenters. The zero-order valence-electron chi connectivity index (χ0n) is 13.5. The lowest BCUT2D eigenvalue weighted by molar-refractivity contribution is -0.0939. The molecule has 23 heavy (non-hydrogen) atoms. The third-order valence-corrected chi connectivity index (χ3v) is 5.14. The molecule has 1 saturated carbocycles. The largest absolute Gasteiger partial charge is 0.386 e. The minimum Gasteiger partial charge on any atom is -0.386 e. The van der Waals surface area contributed by atoms with Gasteiger partial charge in [-0.05, 0) is 43.2 Å². The monoisotopic (exact) mass is 313 g/mol. The second-order valence-corrected chi connectivity index (χ2v) is 6.84. The van der Waals surface area contributed by atoms with Crippen molar-refractivity contribution >= 4 is 0 Å². The Morgan fingerprint density at radius 2 is 2.17 bits per heavy atom. The topological polar surface area (TPSA) is 78.2 Å². The molecule has 0 heterocycles. The van der Waals surface area contributed by atoms with Crippen molar-refractivity contribution in [3.63, 3.8) is 0 Å². The summed E-state index contributed by atoms with van der Waals surface area (Å²) in [7, 11) is 1.73. The van der Waals surface area contributed by atoms with Crippen molar-refractivity contribution in [1.82, 2.24) is 0 Å². The molecular formula is C18H23N3O2. The maximum absolute atomic E-state index is 11.2. The van der Waals surface area contributed by atoms with E-state index >= 15 is 0 Å². The van der Waals surface area contributed by atoms with Gasteiger partial charge in [-0.3, -0.25) is 0 Å². The summed E-state index contributed by atoms with van der Waals surface area (Å²) in [6.07, 6.45) is 6.94. The number of ether oxygens (including phenoxy) is 1. The SMILES string of the molecule is CO[C@@]12CCCC(=C[C@@](O)(CC(N=[N+]=[N-])c3ccccc3)C1)C2. The zero-order chi connectivity index (χ0) is 16.3. The fourth-order valence-electron chi connectivity index (χ4n) is 4.17. The summed E-state index contributed by atoms with van der Waals surface area (Å²) in [5.74, 6) is 0. The summed E-state index contributed by atoms with van der Waals surface area (Å²) >= 11 is 0. The molecule has 0 spiro atoms. The van der Waals surface area contributed by atoms with E-state index in [0.29, 0.717) is 12.8 Å². The van der Waals surface area contributed by atoms with Crippen molar-refractivity contribution < 1.29 is 9.84 Å². The summed E-state index contributed by atoms with van der Waals surface area (Å²) in [5, 5.41) is 15.1. The molecule has 5 nitrogen and oxygen atoms in total. The molecule has 1 fully saturated rings. The molecule has 122 valence electrons. The van der Waals surface area contributed by atoms with E-state index < -0.39 is 5.60 Å². The van der Waals surface area contributed by atoms with Crippen LogP contribution in [-0.2, 0) is 4.74 Å². The van der Waals surface area contributed by atoms with Crippen LogP contribution in [0.5, 0.6) is 0 Å². The molecular weight excluding hydrogens is 290 g/mol. The molecule has 3 rings (SSSR count). The van der Waals surface area contributed by atoms with Gasteiger partial charge in [-0.2, -0.15) is 0 Å². The first-order chi connectivity index (χ1) is 11.1. The first kappa shape index (κ1) is 16.1. The van der Waals surface area contributed by atoms with E-state index in [1.807, 2.05) is 36.4 Å². The lowest BCUT2D eigenvalue weighted by Gasteiger charge is -2.47. The first-order valence-corrected chi connectivity index (χ1v) is 8.15. The molecule has 1 N–H and O–H groups in total. The molecule has 0 aliphatic heterocycles. The lowest BCUT2D eigenvalue weighted by atomic mass is 9.67. The molecule has 2 aliphatic rings. The van der Waals surface area contributed by atoms with E-state index in [4.69, 9.17) is 10.3 Å². The number of azide groups is 1. The number of nitrogens with zero attached hydrogens (tertiary/aromatic N) is 3. The lowest BCUT2D eigenvalue weighted by Crippen LogP contribution is -2.47. The highest BCUT2D eigenvalue weighted by atomic mass is 16.5. The second kappa shape index (κ2) is 6.36. The van der Waals surface area contributed by atoms with Crippen LogP contribution in [0.3, 0.4) is 0 Å². The summed E-state index contributed by atoms with van der Waals surface area (Å²) in [4.78, 5) is 2.98. The third kappa shape index (κ3) is 3.42. The Bertz CT molecular complexity index is 639. The van der Waals surface area contributed by atoms with Gasteiger partial charge in [0.05, 0.1) is 17.2 Å². The highest BCUT2D eigenvalue weighted by molar-refractivity contribution is 5.26. The standard InChI is InChI=1S/C18H23N3O2/c1-23-18-9-5-6-14(11-18)10-17(22,13-18)12-16(20-21-19)15-7-3-2-4-8-15/h2-4,7-8,10,16,22H,5-6,9,11-13H2,1H3/t16?,17-,18-/m1/s1. The van der Waals surface area contributed by atoms with Crippen LogP contribution in [0, 0.1) is 0 Å². The maximum atomic E-state index is 11.2. The van der Waals surface area contributed by atoms with Crippen LogP contribution in [0.4, 0.5) is 0 Å². The summed E-state index contributed by atoms with van der Waals surface area (Å²) in [6, 6.07) is 9.26. The molecule has 0 aromatic heterocycles. The minimum atomic E-state index is -0.987. The van der Waals surface area contributed by atoms with E-state index in [1.165, 1.54) is 5.57 Å². The van der Waals surface area contributed by atoms with Crippen LogP contribution in [-0.4, -0.2) is 23.4 Å². The summed E-state index contributed by atoms with van der Waals surface area (Å²) in [6.45, 7) is 0. The van der Waals surface area contributed by atoms with Gasteiger partial charge in [0.2, 0.25) is 0 Å². The third-order valence-electron chi connectivity index (χ3n) is 5.14.